The Morgan fingerprint density at radius 2 is 0.686 bits per heavy atom. The molecule has 260 valence electrons. The highest BCUT2D eigenvalue weighted by Crippen LogP contribution is 2.31. The van der Waals surface area contributed by atoms with Gasteiger partial charge in [-0.1, -0.05) is 168 Å². The summed E-state index contributed by atoms with van der Waals surface area (Å²) in [6.45, 7) is 15.8. The molecule has 0 amide bonds. The maximum absolute atomic E-state index is 4.99. The zero-order valence-corrected chi connectivity index (χ0v) is 31.6. The number of aryl methyl sites for hydroxylation is 3. The van der Waals surface area contributed by atoms with Gasteiger partial charge in [0.15, 0.2) is 17.5 Å². The average molecular weight is 672 g/mol. The number of benzene rings is 5. The molecule has 5 aromatic carbocycles. The van der Waals surface area contributed by atoms with Gasteiger partial charge in [0.2, 0.25) is 0 Å². The third kappa shape index (κ3) is 8.71. The summed E-state index contributed by atoms with van der Waals surface area (Å²) in [5.74, 6) is 2.04. The molecule has 3 heteroatoms. The van der Waals surface area contributed by atoms with Gasteiger partial charge in [0.25, 0.3) is 0 Å². The molecule has 1 heterocycles. The SMILES string of the molecule is CCC(C)(C)c1ccc(CCCCc2ccc(-c3ccc(-c4nc(-c5ccc(C)cc5)nc(-c5ccc(C(C)(C)CC)cc5)n4)cc3)cc2)cc1. The molecule has 3 nitrogen and oxygen atoms in total. The fraction of sp³-hybridized carbons (Fsp3) is 0.312. The first-order valence-electron chi connectivity index (χ1n) is 18.8. The van der Waals surface area contributed by atoms with E-state index in [2.05, 4.69) is 170 Å². The summed E-state index contributed by atoms with van der Waals surface area (Å²) in [7, 11) is 0. The standard InChI is InChI=1S/C48H53N3/c1-8-47(4,5)42-30-18-36(19-31-42)13-11-10-12-35-16-22-37(23-17-35)38-24-26-40(27-25-38)45-49-44(39-20-14-34(3)15-21-39)50-46(51-45)41-28-32-43(33-29-41)48(6,7)9-2/h14-33H,8-13H2,1-7H3. The van der Waals surface area contributed by atoms with Crippen molar-refractivity contribution in [2.24, 2.45) is 0 Å². The maximum atomic E-state index is 4.99. The minimum atomic E-state index is 0.122. The van der Waals surface area contributed by atoms with E-state index in [0.29, 0.717) is 17.5 Å². The molecule has 1 aromatic heterocycles. The van der Waals surface area contributed by atoms with Crippen molar-refractivity contribution in [1.29, 1.82) is 0 Å². The predicted molar refractivity (Wildman–Crippen MR) is 216 cm³/mol. The van der Waals surface area contributed by atoms with Crippen molar-refractivity contribution in [2.75, 3.05) is 0 Å². The Balaban J connectivity index is 1.14. The number of hydrogen-bond donors (Lipinski definition) is 0. The minimum absolute atomic E-state index is 0.122. The molecule has 51 heavy (non-hydrogen) atoms. The molecule has 0 aliphatic heterocycles. The van der Waals surface area contributed by atoms with Crippen molar-refractivity contribution >= 4 is 0 Å². The van der Waals surface area contributed by atoms with Crippen molar-refractivity contribution < 1.29 is 0 Å². The van der Waals surface area contributed by atoms with E-state index in [9.17, 15) is 0 Å². The first kappa shape index (κ1) is 35.9. The van der Waals surface area contributed by atoms with Crippen molar-refractivity contribution in [3.05, 3.63) is 149 Å². The normalized spacial score (nSPS) is 11.9. The fourth-order valence-corrected chi connectivity index (χ4v) is 6.40. The molecule has 0 saturated carbocycles. The number of nitrogens with zero attached hydrogens (tertiary/aromatic N) is 3. The fourth-order valence-electron chi connectivity index (χ4n) is 6.40. The van der Waals surface area contributed by atoms with E-state index in [0.717, 1.165) is 42.4 Å². The Bertz CT molecular complexity index is 2020. The van der Waals surface area contributed by atoms with Crippen LogP contribution in [0.25, 0.3) is 45.3 Å². The number of hydrogen-bond acceptors (Lipinski definition) is 3. The van der Waals surface area contributed by atoms with Gasteiger partial charge in [0.05, 0.1) is 0 Å². The van der Waals surface area contributed by atoms with Gasteiger partial charge >= 0.3 is 0 Å². The lowest BCUT2D eigenvalue weighted by molar-refractivity contribution is 0.506. The van der Waals surface area contributed by atoms with Crippen LogP contribution in [0.2, 0.25) is 0 Å². The van der Waals surface area contributed by atoms with E-state index in [1.54, 1.807) is 0 Å². The topological polar surface area (TPSA) is 38.7 Å². The molecule has 0 radical (unpaired) electrons. The van der Waals surface area contributed by atoms with Crippen LogP contribution in [0, 0.1) is 6.92 Å². The van der Waals surface area contributed by atoms with Crippen LogP contribution < -0.4 is 0 Å². The summed E-state index contributed by atoms with van der Waals surface area (Å²) in [6.07, 6.45) is 6.86. The van der Waals surface area contributed by atoms with E-state index >= 15 is 0 Å². The Labute approximate surface area is 306 Å². The first-order valence-corrected chi connectivity index (χ1v) is 18.8. The highest BCUT2D eigenvalue weighted by Gasteiger charge is 2.19. The minimum Gasteiger partial charge on any atom is -0.208 e. The zero-order valence-electron chi connectivity index (χ0n) is 31.6. The summed E-state index contributed by atoms with van der Waals surface area (Å²) in [5.41, 5.74) is 12.5. The number of aromatic nitrogens is 3. The summed E-state index contributed by atoms with van der Waals surface area (Å²) in [6, 6.07) is 44.0. The van der Waals surface area contributed by atoms with Crippen LogP contribution in [0.3, 0.4) is 0 Å². The molecule has 6 rings (SSSR count). The lowest BCUT2D eigenvalue weighted by Crippen LogP contribution is -2.15. The van der Waals surface area contributed by atoms with Crippen molar-refractivity contribution in [3.8, 4) is 45.3 Å². The molecule has 0 saturated heterocycles. The molecule has 0 N–H and O–H groups in total. The molecular formula is C48H53N3. The highest BCUT2D eigenvalue weighted by molar-refractivity contribution is 5.70. The van der Waals surface area contributed by atoms with Gasteiger partial charge < -0.3 is 0 Å². The van der Waals surface area contributed by atoms with Crippen LogP contribution in [0.15, 0.2) is 121 Å². The molecule has 6 aromatic rings. The van der Waals surface area contributed by atoms with Gasteiger partial charge in [-0.3, -0.25) is 0 Å². The van der Waals surface area contributed by atoms with E-state index in [4.69, 9.17) is 15.0 Å². The summed E-state index contributed by atoms with van der Waals surface area (Å²) in [5, 5.41) is 0. The third-order valence-electron chi connectivity index (χ3n) is 11.0. The lowest BCUT2D eigenvalue weighted by atomic mass is 9.82. The molecule has 0 fully saturated rings. The number of unbranched alkanes of at least 4 members (excludes halogenated alkanes) is 1. The van der Waals surface area contributed by atoms with E-state index in [-0.39, 0.29) is 10.8 Å². The van der Waals surface area contributed by atoms with Gasteiger partial charge in [-0.05, 0) is 89.7 Å². The smallest absolute Gasteiger partial charge is 0.164 e. The van der Waals surface area contributed by atoms with Crippen molar-refractivity contribution in [2.45, 2.75) is 97.8 Å². The Kier molecular flexibility index (Phi) is 11.0. The summed E-state index contributed by atoms with van der Waals surface area (Å²) < 4.78 is 0. The Morgan fingerprint density at radius 3 is 1.08 bits per heavy atom. The van der Waals surface area contributed by atoms with Gasteiger partial charge in [0, 0.05) is 16.7 Å². The molecular weight excluding hydrogens is 619 g/mol. The van der Waals surface area contributed by atoms with E-state index in [1.165, 1.54) is 51.8 Å². The van der Waals surface area contributed by atoms with Crippen LogP contribution in [0.4, 0.5) is 0 Å². The predicted octanol–water partition coefficient (Wildman–Crippen LogP) is 12.8. The second kappa shape index (κ2) is 15.6. The Hall–Kier alpha value is -4.89. The first-order chi connectivity index (χ1) is 24.5. The summed E-state index contributed by atoms with van der Waals surface area (Å²) in [4.78, 5) is 14.9. The van der Waals surface area contributed by atoms with Crippen LogP contribution in [0.1, 0.15) is 95.0 Å². The zero-order chi connectivity index (χ0) is 36.0. The largest absolute Gasteiger partial charge is 0.208 e. The van der Waals surface area contributed by atoms with Gasteiger partial charge in [0.1, 0.15) is 0 Å². The highest BCUT2D eigenvalue weighted by atomic mass is 15.0. The number of rotatable bonds is 13. The molecule has 0 spiro atoms. The average Bonchev–Trinajstić information content (AvgIpc) is 3.17. The second-order valence-corrected chi connectivity index (χ2v) is 15.4. The van der Waals surface area contributed by atoms with Crippen LogP contribution in [-0.2, 0) is 23.7 Å². The van der Waals surface area contributed by atoms with E-state index in [1.807, 2.05) is 0 Å². The third-order valence-corrected chi connectivity index (χ3v) is 11.0. The quantitative estimate of drug-likeness (QED) is 0.115. The molecule has 0 aliphatic carbocycles. The molecule has 0 atom stereocenters. The van der Waals surface area contributed by atoms with Crippen molar-refractivity contribution in [1.82, 2.24) is 15.0 Å². The maximum Gasteiger partial charge on any atom is 0.164 e. The van der Waals surface area contributed by atoms with Gasteiger partial charge in [-0.2, -0.15) is 0 Å². The van der Waals surface area contributed by atoms with E-state index < -0.39 is 0 Å². The van der Waals surface area contributed by atoms with Crippen molar-refractivity contribution in [3.63, 3.8) is 0 Å². The second-order valence-electron chi connectivity index (χ2n) is 15.4. The van der Waals surface area contributed by atoms with Gasteiger partial charge in [-0.25, -0.2) is 15.0 Å². The lowest BCUT2D eigenvalue weighted by Gasteiger charge is -2.23. The van der Waals surface area contributed by atoms with Crippen LogP contribution in [0.5, 0.6) is 0 Å². The van der Waals surface area contributed by atoms with Gasteiger partial charge in [-0.15, -0.1) is 0 Å². The summed E-state index contributed by atoms with van der Waals surface area (Å²) >= 11 is 0. The molecule has 0 aliphatic rings. The van der Waals surface area contributed by atoms with Crippen LogP contribution >= 0.6 is 0 Å². The van der Waals surface area contributed by atoms with Crippen LogP contribution in [-0.4, -0.2) is 15.0 Å². The Morgan fingerprint density at radius 1 is 0.392 bits per heavy atom. The monoisotopic (exact) mass is 671 g/mol. The molecule has 0 unspecified atom stereocenters. The molecule has 0 bridgehead atoms.